The lowest BCUT2D eigenvalue weighted by Crippen LogP contribution is -2.17. The molecule has 2 heteroatoms. The van der Waals surface area contributed by atoms with Gasteiger partial charge in [-0.2, -0.15) is 0 Å². The van der Waals surface area contributed by atoms with E-state index in [0.29, 0.717) is 6.04 Å². The Morgan fingerprint density at radius 2 is 2.22 bits per heavy atom. The molecule has 1 atom stereocenters. The predicted octanol–water partition coefficient (Wildman–Crippen LogP) is 3.61. The van der Waals surface area contributed by atoms with E-state index in [9.17, 15) is 0 Å². The van der Waals surface area contributed by atoms with Crippen LogP contribution in [-0.4, -0.2) is 12.0 Å². The molecule has 1 heterocycles. The van der Waals surface area contributed by atoms with Crippen LogP contribution in [0.2, 0.25) is 0 Å². The molecule has 1 N–H and O–H groups in total. The van der Waals surface area contributed by atoms with E-state index >= 15 is 0 Å². The molecule has 2 aromatic rings. The molecular formula is C16H18N2. The molecule has 0 fully saturated rings. The Morgan fingerprint density at radius 1 is 1.28 bits per heavy atom. The highest BCUT2D eigenvalue weighted by Gasteiger charge is 2.17. The van der Waals surface area contributed by atoms with Crippen molar-refractivity contribution >= 4 is 10.9 Å². The fraction of sp³-hybridized carbons (Fsp3) is 0.312. The van der Waals surface area contributed by atoms with E-state index in [1.165, 1.54) is 35.8 Å². The van der Waals surface area contributed by atoms with Gasteiger partial charge in [-0.05, 0) is 50.1 Å². The fourth-order valence-corrected chi connectivity index (χ4v) is 2.80. The summed E-state index contributed by atoms with van der Waals surface area (Å²) in [6.45, 7) is 0. The number of hydrogen-bond donors (Lipinski definition) is 1. The van der Waals surface area contributed by atoms with Gasteiger partial charge in [0.15, 0.2) is 0 Å². The second-order valence-electron chi connectivity index (χ2n) is 4.85. The second-order valence-corrected chi connectivity index (χ2v) is 4.85. The number of nitrogens with zero attached hydrogens (tertiary/aromatic N) is 1. The molecule has 0 bridgehead atoms. The topological polar surface area (TPSA) is 24.9 Å². The maximum Gasteiger partial charge on any atom is 0.0702 e. The average Bonchev–Trinajstić information content (AvgIpc) is 2.93. The van der Waals surface area contributed by atoms with E-state index in [-0.39, 0.29) is 0 Å². The summed E-state index contributed by atoms with van der Waals surface area (Å²) in [7, 11) is 2.04. The Hall–Kier alpha value is -1.67. The predicted molar refractivity (Wildman–Crippen MR) is 75.5 cm³/mol. The van der Waals surface area contributed by atoms with E-state index in [1.807, 2.05) is 19.3 Å². The molecule has 0 saturated heterocycles. The van der Waals surface area contributed by atoms with Gasteiger partial charge in [-0.25, -0.2) is 0 Å². The van der Waals surface area contributed by atoms with Gasteiger partial charge < -0.3 is 5.32 Å². The molecule has 1 aromatic carbocycles. The highest BCUT2D eigenvalue weighted by molar-refractivity contribution is 5.79. The van der Waals surface area contributed by atoms with Crippen LogP contribution in [-0.2, 0) is 0 Å². The summed E-state index contributed by atoms with van der Waals surface area (Å²) in [6, 6.07) is 11.0. The molecule has 3 rings (SSSR count). The van der Waals surface area contributed by atoms with Crippen molar-refractivity contribution in [3.63, 3.8) is 0 Å². The van der Waals surface area contributed by atoms with E-state index in [2.05, 4.69) is 40.6 Å². The summed E-state index contributed by atoms with van der Waals surface area (Å²) in [6.07, 6.45) is 7.97. The molecule has 1 unspecified atom stereocenters. The van der Waals surface area contributed by atoms with Crippen LogP contribution in [0.1, 0.15) is 30.9 Å². The van der Waals surface area contributed by atoms with Gasteiger partial charge in [-0.15, -0.1) is 0 Å². The Bertz CT molecular complexity index is 586. The highest BCUT2D eigenvalue weighted by Crippen LogP contribution is 2.31. The summed E-state index contributed by atoms with van der Waals surface area (Å²) >= 11 is 0. The first-order valence-electron chi connectivity index (χ1n) is 6.59. The van der Waals surface area contributed by atoms with Crippen molar-refractivity contribution in [3.8, 4) is 0 Å². The van der Waals surface area contributed by atoms with E-state index in [4.69, 9.17) is 0 Å². The minimum atomic E-state index is 0.358. The van der Waals surface area contributed by atoms with Crippen LogP contribution in [0.3, 0.4) is 0 Å². The van der Waals surface area contributed by atoms with Crippen LogP contribution in [0.4, 0.5) is 0 Å². The van der Waals surface area contributed by atoms with Gasteiger partial charge in [0, 0.05) is 11.6 Å². The Labute approximate surface area is 108 Å². The third-order valence-electron chi connectivity index (χ3n) is 3.70. The molecule has 2 nitrogen and oxygen atoms in total. The minimum Gasteiger partial charge on any atom is -0.310 e. The Morgan fingerprint density at radius 3 is 3.00 bits per heavy atom. The van der Waals surface area contributed by atoms with Crippen molar-refractivity contribution in [3.05, 3.63) is 53.7 Å². The third kappa shape index (κ3) is 2.04. The van der Waals surface area contributed by atoms with Crippen molar-refractivity contribution in [2.24, 2.45) is 0 Å². The molecule has 0 amide bonds. The fourth-order valence-electron chi connectivity index (χ4n) is 2.80. The smallest absolute Gasteiger partial charge is 0.0702 e. The van der Waals surface area contributed by atoms with Gasteiger partial charge in [0.25, 0.3) is 0 Å². The summed E-state index contributed by atoms with van der Waals surface area (Å²) in [5.74, 6) is 0. The Balaban J connectivity index is 2.01. The lowest BCUT2D eigenvalue weighted by molar-refractivity contribution is 0.656. The van der Waals surface area contributed by atoms with Gasteiger partial charge in [-0.1, -0.05) is 23.8 Å². The van der Waals surface area contributed by atoms with Gasteiger partial charge >= 0.3 is 0 Å². The largest absolute Gasteiger partial charge is 0.310 e. The van der Waals surface area contributed by atoms with Crippen molar-refractivity contribution in [2.45, 2.75) is 25.3 Å². The summed E-state index contributed by atoms with van der Waals surface area (Å²) in [5.41, 5.74) is 3.93. The molecule has 1 aliphatic carbocycles. The molecule has 92 valence electrons. The summed E-state index contributed by atoms with van der Waals surface area (Å²) in [5, 5.41) is 4.65. The molecule has 0 aliphatic heterocycles. The van der Waals surface area contributed by atoms with Crippen LogP contribution in [0.5, 0.6) is 0 Å². The number of benzene rings is 1. The van der Waals surface area contributed by atoms with Gasteiger partial charge in [0.2, 0.25) is 0 Å². The first-order chi connectivity index (χ1) is 8.88. The van der Waals surface area contributed by atoms with Crippen LogP contribution in [0, 0.1) is 0 Å². The van der Waals surface area contributed by atoms with Gasteiger partial charge in [-0.3, -0.25) is 4.98 Å². The van der Waals surface area contributed by atoms with Crippen molar-refractivity contribution in [1.29, 1.82) is 0 Å². The standard InChI is InChI=1S/C16H18N2/c1-17-16(12-5-2-3-6-12)14-8-9-15-13(11-14)7-4-10-18-15/h4-5,7-11,16-17H,2-3,6H2,1H3. The van der Waals surface area contributed by atoms with Gasteiger partial charge in [0.05, 0.1) is 11.6 Å². The number of hydrogen-bond acceptors (Lipinski definition) is 2. The number of likely N-dealkylation sites (N-methyl/N-ethyl adjacent to an activating group) is 1. The third-order valence-corrected chi connectivity index (χ3v) is 3.70. The zero-order valence-corrected chi connectivity index (χ0v) is 10.7. The number of nitrogens with one attached hydrogen (secondary N) is 1. The zero-order chi connectivity index (χ0) is 12.4. The lowest BCUT2D eigenvalue weighted by atomic mass is 9.97. The molecule has 1 aromatic heterocycles. The molecule has 0 saturated carbocycles. The monoisotopic (exact) mass is 238 g/mol. The zero-order valence-electron chi connectivity index (χ0n) is 10.7. The van der Waals surface area contributed by atoms with E-state index in [0.717, 1.165) is 5.52 Å². The van der Waals surface area contributed by atoms with Crippen LogP contribution >= 0.6 is 0 Å². The number of rotatable bonds is 3. The SMILES string of the molecule is CNC(C1=CCCC1)c1ccc2ncccc2c1. The molecule has 0 radical (unpaired) electrons. The second kappa shape index (κ2) is 4.91. The first kappa shape index (κ1) is 11.4. The Kier molecular flexibility index (Phi) is 3.11. The maximum absolute atomic E-state index is 4.37. The van der Waals surface area contributed by atoms with Crippen molar-refractivity contribution in [2.75, 3.05) is 7.05 Å². The van der Waals surface area contributed by atoms with Gasteiger partial charge in [0.1, 0.15) is 0 Å². The normalized spacial score (nSPS) is 16.8. The minimum absolute atomic E-state index is 0.358. The van der Waals surface area contributed by atoms with Crippen molar-refractivity contribution < 1.29 is 0 Å². The molecule has 0 spiro atoms. The highest BCUT2D eigenvalue weighted by atomic mass is 14.9. The van der Waals surface area contributed by atoms with Crippen molar-refractivity contribution in [1.82, 2.24) is 10.3 Å². The number of pyridine rings is 1. The van der Waals surface area contributed by atoms with E-state index in [1.54, 1.807) is 0 Å². The number of fused-ring (bicyclic) bond motifs is 1. The average molecular weight is 238 g/mol. The quantitative estimate of drug-likeness (QED) is 0.826. The number of aromatic nitrogens is 1. The maximum atomic E-state index is 4.37. The van der Waals surface area contributed by atoms with Crippen LogP contribution in [0.25, 0.3) is 10.9 Å². The number of allylic oxidation sites excluding steroid dienone is 1. The summed E-state index contributed by atoms with van der Waals surface area (Å²) < 4.78 is 0. The molecule has 1 aliphatic rings. The van der Waals surface area contributed by atoms with Crippen LogP contribution < -0.4 is 5.32 Å². The molecular weight excluding hydrogens is 220 g/mol. The summed E-state index contributed by atoms with van der Waals surface area (Å²) in [4.78, 5) is 4.37. The van der Waals surface area contributed by atoms with E-state index < -0.39 is 0 Å². The van der Waals surface area contributed by atoms with Crippen LogP contribution in [0.15, 0.2) is 48.2 Å². The first-order valence-corrected chi connectivity index (χ1v) is 6.59. The lowest BCUT2D eigenvalue weighted by Gasteiger charge is -2.18. The molecule has 18 heavy (non-hydrogen) atoms.